The van der Waals surface area contributed by atoms with Gasteiger partial charge in [-0.05, 0) is 43.4 Å². The lowest BCUT2D eigenvalue weighted by Gasteiger charge is -2.23. The van der Waals surface area contributed by atoms with Crippen LogP contribution < -0.4 is 10.6 Å². The van der Waals surface area contributed by atoms with Gasteiger partial charge in [0.1, 0.15) is 5.11 Å². The lowest BCUT2D eigenvalue weighted by Crippen LogP contribution is -2.38. The first-order chi connectivity index (χ1) is 10.3. The fourth-order valence-corrected chi connectivity index (χ4v) is 3.27. The van der Waals surface area contributed by atoms with E-state index in [0.29, 0.717) is 11.6 Å². The molecule has 1 saturated carbocycles. The predicted octanol–water partition coefficient (Wildman–Crippen LogP) is 3.86. The number of nitrogens with zero attached hydrogens (tertiary/aromatic N) is 1. The third-order valence-electron chi connectivity index (χ3n) is 3.95. The second kappa shape index (κ2) is 8.86. The van der Waals surface area contributed by atoms with Gasteiger partial charge in [-0.15, -0.1) is 0 Å². The number of nitrogens with one attached hydrogen (secondary N) is 2. The second-order valence-electron chi connectivity index (χ2n) is 5.57. The Kier molecular flexibility index (Phi) is 6.78. The molecule has 0 saturated heterocycles. The molecule has 0 spiro atoms. The van der Waals surface area contributed by atoms with Gasteiger partial charge in [0.25, 0.3) is 0 Å². The Hall–Kier alpha value is -1.31. The van der Waals surface area contributed by atoms with Crippen molar-refractivity contribution in [3.8, 4) is 6.07 Å². The molecule has 2 N–H and O–H groups in total. The van der Waals surface area contributed by atoms with Crippen LogP contribution in [0.15, 0.2) is 24.3 Å². The van der Waals surface area contributed by atoms with Crippen molar-refractivity contribution in [2.24, 2.45) is 0 Å². The van der Waals surface area contributed by atoms with E-state index < -0.39 is 0 Å². The van der Waals surface area contributed by atoms with Crippen LogP contribution in [-0.2, 0) is 0 Å². The molecule has 0 heterocycles. The van der Waals surface area contributed by atoms with Crippen LogP contribution in [0.4, 0.5) is 5.69 Å². The molecule has 0 aromatic heterocycles. The molecule has 0 bridgehead atoms. The fourth-order valence-electron chi connectivity index (χ4n) is 2.72. The van der Waals surface area contributed by atoms with Gasteiger partial charge in [-0.1, -0.05) is 32.1 Å². The van der Waals surface area contributed by atoms with Crippen molar-refractivity contribution in [1.29, 1.82) is 5.26 Å². The van der Waals surface area contributed by atoms with E-state index in [1.54, 1.807) is 0 Å². The lowest BCUT2D eigenvalue weighted by molar-refractivity contribution is 0.430. The van der Waals surface area contributed by atoms with Gasteiger partial charge in [0.2, 0.25) is 0 Å². The van der Waals surface area contributed by atoms with E-state index in [1.165, 1.54) is 56.3 Å². The number of hydrogen-bond donors (Lipinski definition) is 3. The van der Waals surface area contributed by atoms with Crippen LogP contribution in [0.2, 0.25) is 0 Å². The van der Waals surface area contributed by atoms with Gasteiger partial charge >= 0.3 is 0 Å². The molecule has 0 unspecified atom stereocenters. The van der Waals surface area contributed by atoms with E-state index in [9.17, 15) is 0 Å². The van der Waals surface area contributed by atoms with Crippen LogP contribution in [0.1, 0.15) is 50.5 Å². The first kappa shape index (κ1) is 16.1. The number of benzene rings is 1. The lowest BCUT2D eigenvalue weighted by atomic mass is 9.97. The summed E-state index contributed by atoms with van der Waals surface area (Å²) in [6.45, 7) is 0. The molecule has 3 nitrogen and oxygen atoms in total. The average Bonchev–Trinajstić information content (AvgIpc) is 2.49. The highest BCUT2D eigenvalue weighted by Crippen LogP contribution is 2.17. The van der Waals surface area contributed by atoms with Gasteiger partial charge in [-0.25, -0.2) is 0 Å². The van der Waals surface area contributed by atoms with Crippen molar-refractivity contribution in [3.05, 3.63) is 29.8 Å². The van der Waals surface area contributed by atoms with Crippen molar-refractivity contribution in [1.82, 2.24) is 5.32 Å². The van der Waals surface area contributed by atoms with Crippen molar-refractivity contribution in [2.45, 2.75) is 51.0 Å². The van der Waals surface area contributed by atoms with Gasteiger partial charge in [-0.2, -0.15) is 16.6 Å². The summed E-state index contributed by atoms with van der Waals surface area (Å²) in [6, 6.07) is 10.4. The maximum atomic E-state index is 8.83. The minimum absolute atomic E-state index is 0.596. The predicted molar refractivity (Wildman–Crippen MR) is 93.9 cm³/mol. The van der Waals surface area contributed by atoms with Gasteiger partial charge in [-0.3, -0.25) is 5.32 Å². The average molecular weight is 303 g/mol. The van der Waals surface area contributed by atoms with Crippen LogP contribution in [0, 0.1) is 11.3 Å². The third kappa shape index (κ3) is 5.53. The van der Waals surface area contributed by atoms with E-state index in [0.717, 1.165) is 10.8 Å². The highest BCUT2D eigenvalue weighted by atomic mass is 32.1. The number of nitriles is 1. The Labute approximate surface area is 131 Å². The van der Waals surface area contributed by atoms with E-state index in [1.807, 2.05) is 24.3 Å². The zero-order valence-corrected chi connectivity index (χ0v) is 13.6. The summed E-state index contributed by atoms with van der Waals surface area (Å²) in [6.07, 6.45) is 11.5. The van der Waals surface area contributed by atoms with Crippen molar-refractivity contribution >= 4 is 22.2 Å². The van der Waals surface area contributed by atoms with Crippen LogP contribution in [0.5, 0.6) is 0 Å². The summed E-state index contributed by atoms with van der Waals surface area (Å²) < 4.78 is 0. The molecule has 21 heavy (non-hydrogen) atoms. The molecule has 1 fully saturated rings. The molecule has 1 aliphatic rings. The summed E-state index contributed by atoms with van der Waals surface area (Å²) in [5.74, 6) is 0. The Balaban J connectivity index is 1.91. The third-order valence-corrected chi connectivity index (χ3v) is 4.63. The Morgan fingerprint density at radius 1 is 1.10 bits per heavy atom. The first-order valence-corrected chi connectivity index (χ1v) is 9.16. The maximum absolute atomic E-state index is 8.83. The van der Waals surface area contributed by atoms with E-state index in [4.69, 9.17) is 5.26 Å². The molecule has 0 atom stereocenters. The monoisotopic (exact) mass is 303 g/mol. The van der Waals surface area contributed by atoms with Crippen LogP contribution >= 0.6 is 11.4 Å². The SMILES string of the molecule is C[SH]=C(Nc1ccc(C#N)cc1)NC1CCCCCCC1. The minimum Gasteiger partial charge on any atom is -0.342 e. The number of anilines is 1. The maximum Gasteiger partial charge on any atom is 0.105 e. The molecule has 4 heteroatoms. The topological polar surface area (TPSA) is 47.9 Å². The molecule has 114 valence electrons. The summed E-state index contributed by atoms with van der Waals surface area (Å²) in [7, 11) is 0. The summed E-state index contributed by atoms with van der Waals surface area (Å²) in [4.78, 5) is 0. The molecule has 1 aliphatic carbocycles. The largest absolute Gasteiger partial charge is 0.342 e. The number of rotatable bonds is 2. The van der Waals surface area contributed by atoms with Gasteiger partial charge in [0, 0.05) is 11.7 Å². The molecular weight excluding hydrogens is 278 g/mol. The van der Waals surface area contributed by atoms with E-state index in [2.05, 4.69) is 23.0 Å². The highest BCUT2D eigenvalue weighted by molar-refractivity contribution is 7.98. The van der Waals surface area contributed by atoms with Gasteiger partial charge in [0.15, 0.2) is 0 Å². The Morgan fingerprint density at radius 2 is 1.71 bits per heavy atom. The summed E-state index contributed by atoms with van der Waals surface area (Å²) in [5, 5.41) is 17.1. The van der Waals surface area contributed by atoms with Gasteiger partial charge < -0.3 is 5.32 Å². The van der Waals surface area contributed by atoms with Crippen LogP contribution in [0.3, 0.4) is 0 Å². The highest BCUT2D eigenvalue weighted by Gasteiger charge is 2.12. The molecule has 1 aromatic carbocycles. The van der Waals surface area contributed by atoms with E-state index >= 15 is 0 Å². The molecule has 0 amide bonds. The number of thiol groups is 1. The second-order valence-corrected chi connectivity index (χ2v) is 6.47. The smallest absolute Gasteiger partial charge is 0.105 e. The van der Waals surface area contributed by atoms with Crippen molar-refractivity contribution in [3.63, 3.8) is 0 Å². The minimum atomic E-state index is 0.596. The standard InChI is InChI=1S/C17H25N3S/c1-21-17(19-15-7-5-3-2-4-6-8-15)20-16-11-9-14(13-18)10-12-16/h9-12,15,19-21H,2-8H2,1H3. The molecule has 2 rings (SSSR count). The summed E-state index contributed by atoms with van der Waals surface area (Å²) in [5.41, 5.74) is 1.74. The number of hydrogen-bond acceptors (Lipinski definition) is 1. The quantitative estimate of drug-likeness (QED) is 0.574. The van der Waals surface area contributed by atoms with Crippen LogP contribution in [0.25, 0.3) is 0 Å². The Bertz CT molecular complexity index is 494. The normalized spacial score (nSPS) is 18.0. The van der Waals surface area contributed by atoms with Crippen LogP contribution in [-0.4, -0.2) is 17.4 Å². The Morgan fingerprint density at radius 3 is 2.29 bits per heavy atom. The van der Waals surface area contributed by atoms with Crippen molar-refractivity contribution in [2.75, 3.05) is 11.6 Å². The molecule has 1 aromatic rings. The zero-order chi connectivity index (χ0) is 14.9. The van der Waals surface area contributed by atoms with E-state index in [-0.39, 0.29) is 0 Å². The molecular formula is C17H25N3S. The zero-order valence-electron chi connectivity index (χ0n) is 12.7. The summed E-state index contributed by atoms with van der Waals surface area (Å²) >= 11 is 1.22. The molecule has 0 aliphatic heterocycles. The first-order valence-electron chi connectivity index (χ1n) is 7.82. The molecule has 0 radical (unpaired) electrons. The van der Waals surface area contributed by atoms with Gasteiger partial charge in [0.05, 0.1) is 11.6 Å². The fraction of sp³-hybridized carbons (Fsp3) is 0.529. The van der Waals surface area contributed by atoms with Crippen molar-refractivity contribution < 1.29 is 0 Å².